The fraction of sp³-hybridized carbons (Fsp3) is 0.294. The summed E-state index contributed by atoms with van der Waals surface area (Å²) in [5.74, 6) is 0.243. The van der Waals surface area contributed by atoms with E-state index in [4.69, 9.17) is 0 Å². The summed E-state index contributed by atoms with van der Waals surface area (Å²) in [6, 6.07) is 8.22. The van der Waals surface area contributed by atoms with Crippen LogP contribution in [-0.2, 0) is 11.3 Å². The summed E-state index contributed by atoms with van der Waals surface area (Å²) < 4.78 is 15.4. The van der Waals surface area contributed by atoms with Gasteiger partial charge in [0.05, 0.1) is 5.25 Å². The highest BCUT2D eigenvalue weighted by molar-refractivity contribution is 8.00. The van der Waals surface area contributed by atoms with Crippen LogP contribution in [0.5, 0.6) is 0 Å². The van der Waals surface area contributed by atoms with Gasteiger partial charge in [0.25, 0.3) is 0 Å². The van der Waals surface area contributed by atoms with Crippen molar-refractivity contribution >= 4 is 23.3 Å². The minimum Gasteiger partial charge on any atom is -0.351 e. The molecule has 0 spiro atoms. The van der Waals surface area contributed by atoms with E-state index in [-0.39, 0.29) is 18.3 Å². The van der Waals surface area contributed by atoms with Crippen molar-refractivity contribution in [3.8, 4) is 0 Å². The van der Waals surface area contributed by atoms with E-state index in [1.54, 1.807) is 25.1 Å². The quantitative estimate of drug-likeness (QED) is 0.709. The summed E-state index contributed by atoms with van der Waals surface area (Å²) in [6.45, 7) is 5.69. The van der Waals surface area contributed by atoms with Crippen LogP contribution in [0.1, 0.15) is 24.0 Å². The molecule has 25 heavy (non-hydrogen) atoms. The minimum absolute atomic E-state index is 0.150. The molecular weight excluding hydrogens is 341 g/mol. The van der Waals surface area contributed by atoms with Crippen LogP contribution in [0.15, 0.2) is 35.5 Å². The summed E-state index contributed by atoms with van der Waals surface area (Å²) in [6.07, 6.45) is 0. The lowest BCUT2D eigenvalue weighted by molar-refractivity contribution is -0.120. The van der Waals surface area contributed by atoms with Gasteiger partial charge in [0.2, 0.25) is 5.91 Å². The molecule has 1 atom stereocenters. The van der Waals surface area contributed by atoms with Crippen molar-refractivity contribution < 1.29 is 9.18 Å². The molecule has 6 nitrogen and oxygen atoms in total. The third kappa shape index (κ3) is 3.79. The van der Waals surface area contributed by atoms with Crippen LogP contribution in [-0.4, -0.2) is 30.7 Å². The van der Waals surface area contributed by atoms with Gasteiger partial charge in [0.1, 0.15) is 11.6 Å². The largest absolute Gasteiger partial charge is 0.351 e. The summed E-state index contributed by atoms with van der Waals surface area (Å²) in [4.78, 5) is 16.7. The lowest BCUT2D eigenvalue weighted by atomic mass is 10.2. The number of aryl methyl sites for hydroxylation is 2. The Kier molecular flexibility index (Phi) is 4.98. The molecule has 3 rings (SSSR count). The Morgan fingerprint density at radius 2 is 2.08 bits per heavy atom. The van der Waals surface area contributed by atoms with Crippen molar-refractivity contribution in [3.05, 3.63) is 53.2 Å². The zero-order valence-corrected chi connectivity index (χ0v) is 15.0. The molecule has 0 aliphatic heterocycles. The van der Waals surface area contributed by atoms with Crippen molar-refractivity contribution in [2.45, 2.75) is 37.7 Å². The Bertz CT molecular complexity index is 927. The average molecular weight is 359 g/mol. The second-order valence-corrected chi connectivity index (χ2v) is 7.00. The highest BCUT2D eigenvalue weighted by atomic mass is 32.2. The first kappa shape index (κ1) is 17.3. The van der Waals surface area contributed by atoms with E-state index in [0.29, 0.717) is 16.4 Å². The predicted octanol–water partition coefficient (Wildman–Crippen LogP) is 2.68. The number of aromatic nitrogens is 4. The highest BCUT2D eigenvalue weighted by Gasteiger charge is 2.19. The third-order valence-electron chi connectivity index (χ3n) is 3.72. The van der Waals surface area contributed by atoms with Gasteiger partial charge in [-0.25, -0.2) is 9.37 Å². The molecule has 0 fully saturated rings. The van der Waals surface area contributed by atoms with E-state index < -0.39 is 5.25 Å². The first-order valence-corrected chi connectivity index (χ1v) is 8.71. The van der Waals surface area contributed by atoms with Crippen molar-refractivity contribution in [2.24, 2.45) is 0 Å². The zero-order valence-electron chi connectivity index (χ0n) is 14.2. The average Bonchev–Trinajstić information content (AvgIpc) is 2.96. The molecule has 0 bridgehead atoms. The topological polar surface area (TPSA) is 72.2 Å². The van der Waals surface area contributed by atoms with E-state index in [0.717, 1.165) is 11.5 Å². The number of fused-ring (bicyclic) bond motifs is 1. The Labute approximate surface area is 148 Å². The SMILES string of the molecule is Cc1cc2nnc(SC(C)C(=O)NCc3ccccc3F)n2c(C)n1. The third-order valence-corrected chi connectivity index (χ3v) is 4.76. The molecule has 0 saturated heterocycles. The van der Waals surface area contributed by atoms with E-state index in [9.17, 15) is 9.18 Å². The number of nitrogens with one attached hydrogen (secondary N) is 1. The van der Waals surface area contributed by atoms with Gasteiger partial charge in [-0.15, -0.1) is 10.2 Å². The first-order valence-electron chi connectivity index (χ1n) is 7.83. The molecule has 1 N–H and O–H groups in total. The van der Waals surface area contributed by atoms with Crippen LogP contribution in [0.3, 0.4) is 0 Å². The Morgan fingerprint density at radius 3 is 2.84 bits per heavy atom. The molecule has 0 aliphatic carbocycles. The van der Waals surface area contributed by atoms with Crippen LogP contribution in [0.25, 0.3) is 5.65 Å². The number of thioether (sulfide) groups is 1. The van der Waals surface area contributed by atoms with Crippen molar-refractivity contribution in [2.75, 3.05) is 0 Å². The number of carbonyl (C=O) groups excluding carboxylic acids is 1. The van der Waals surface area contributed by atoms with Gasteiger partial charge in [0, 0.05) is 23.9 Å². The Balaban J connectivity index is 1.69. The van der Waals surface area contributed by atoms with Gasteiger partial charge in [-0.05, 0) is 26.8 Å². The van der Waals surface area contributed by atoms with Crippen LogP contribution in [0.2, 0.25) is 0 Å². The van der Waals surface area contributed by atoms with Crippen LogP contribution in [0, 0.1) is 19.7 Å². The van der Waals surface area contributed by atoms with E-state index in [1.165, 1.54) is 17.8 Å². The number of nitrogens with zero attached hydrogens (tertiary/aromatic N) is 4. The molecule has 130 valence electrons. The summed E-state index contributed by atoms with van der Waals surface area (Å²) >= 11 is 1.29. The summed E-state index contributed by atoms with van der Waals surface area (Å²) in [7, 11) is 0. The number of hydrogen-bond acceptors (Lipinski definition) is 5. The molecule has 1 amide bonds. The van der Waals surface area contributed by atoms with E-state index >= 15 is 0 Å². The Hall–Kier alpha value is -2.48. The van der Waals surface area contributed by atoms with Gasteiger partial charge in [-0.3, -0.25) is 9.20 Å². The smallest absolute Gasteiger partial charge is 0.233 e. The lowest BCUT2D eigenvalue weighted by Gasteiger charge is -2.12. The molecule has 8 heteroatoms. The highest BCUT2D eigenvalue weighted by Crippen LogP contribution is 2.23. The monoisotopic (exact) mass is 359 g/mol. The molecule has 0 radical (unpaired) electrons. The van der Waals surface area contributed by atoms with Crippen LogP contribution >= 0.6 is 11.8 Å². The van der Waals surface area contributed by atoms with Crippen molar-refractivity contribution in [1.82, 2.24) is 24.9 Å². The first-order chi connectivity index (χ1) is 12.0. The van der Waals surface area contributed by atoms with Gasteiger partial charge in [-0.1, -0.05) is 30.0 Å². The molecule has 0 aliphatic rings. The molecule has 2 aromatic heterocycles. The second-order valence-electron chi connectivity index (χ2n) is 5.69. The maximum atomic E-state index is 13.6. The maximum Gasteiger partial charge on any atom is 0.233 e. The van der Waals surface area contributed by atoms with Crippen LogP contribution < -0.4 is 5.32 Å². The van der Waals surface area contributed by atoms with Gasteiger partial charge in [-0.2, -0.15) is 0 Å². The molecule has 2 heterocycles. The van der Waals surface area contributed by atoms with Gasteiger partial charge in [0.15, 0.2) is 10.8 Å². The number of halogens is 1. The fourth-order valence-corrected chi connectivity index (χ4v) is 3.38. The number of hydrogen-bond donors (Lipinski definition) is 1. The predicted molar refractivity (Wildman–Crippen MR) is 93.8 cm³/mol. The zero-order chi connectivity index (χ0) is 18.0. The summed E-state index contributed by atoms with van der Waals surface area (Å²) in [5, 5.41) is 11.2. The van der Waals surface area contributed by atoms with Gasteiger partial charge < -0.3 is 5.32 Å². The molecule has 3 aromatic rings. The lowest BCUT2D eigenvalue weighted by Crippen LogP contribution is -2.30. The molecule has 1 aromatic carbocycles. The van der Waals surface area contributed by atoms with Gasteiger partial charge >= 0.3 is 0 Å². The normalized spacial score (nSPS) is 12.3. The molecular formula is C17H18FN5OS. The van der Waals surface area contributed by atoms with E-state index in [2.05, 4.69) is 20.5 Å². The maximum absolute atomic E-state index is 13.6. The van der Waals surface area contributed by atoms with Crippen molar-refractivity contribution in [3.63, 3.8) is 0 Å². The fourth-order valence-electron chi connectivity index (χ4n) is 2.46. The standard InChI is InChI=1S/C17H18FN5OS/c1-10-8-15-21-22-17(23(15)12(3)20-10)25-11(2)16(24)19-9-13-6-4-5-7-14(13)18/h4-8,11H,9H2,1-3H3,(H,19,24). The van der Waals surface area contributed by atoms with Crippen molar-refractivity contribution in [1.29, 1.82) is 0 Å². The second kappa shape index (κ2) is 7.18. The number of benzene rings is 1. The number of carbonyl (C=O) groups is 1. The number of amides is 1. The van der Waals surface area contributed by atoms with E-state index in [1.807, 2.05) is 24.3 Å². The van der Waals surface area contributed by atoms with Crippen LogP contribution in [0.4, 0.5) is 4.39 Å². The number of rotatable bonds is 5. The summed E-state index contributed by atoms with van der Waals surface area (Å²) in [5.41, 5.74) is 2.02. The molecule has 1 unspecified atom stereocenters. The Morgan fingerprint density at radius 1 is 1.32 bits per heavy atom. The minimum atomic E-state index is -0.403. The molecule has 0 saturated carbocycles.